The highest BCUT2D eigenvalue weighted by Crippen LogP contribution is 2.19. The van der Waals surface area contributed by atoms with Gasteiger partial charge in [0, 0.05) is 24.9 Å². The third-order valence-electron chi connectivity index (χ3n) is 3.32. The Morgan fingerprint density at radius 2 is 2.18 bits per heavy atom. The lowest BCUT2D eigenvalue weighted by molar-refractivity contribution is -0.143. The number of urea groups is 1. The van der Waals surface area contributed by atoms with E-state index in [1.54, 1.807) is 4.90 Å². The lowest BCUT2D eigenvalue weighted by atomic mass is 9.99. The van der Waals surface area contributed by atoms with Gasteiger partial charge in [-0.25, -0.2) is 4.79 Å². The number of hydrogen-bond acceptors (Lipinski definition) is 3. The van der Waals surface area contributed by atoms with Crippen LogP contribution in [0, 0.1) is 5.92 Å². The zero-order chi connectivity index (χ0) is 12.3. The number of rotatable bonds is 2. The molecule has 0 aromatic rings. The highest BCUT2D eigenvalue weighted by atomic mass is 32.2. The molecule has 2 atom stereocenters. The Hall–Kier alpha value is -0.910. The molecule has 0 aromatic carbocycles. The Balaban J connectivity index is 1.83. The van der Waals surface area contributed by atoms with Crippen LogP contribution in [0.1, 0.15) is 19.3 Å². The van der Waals surface area contributed by atoms with Crippen LogP contribution in [-0.4, -0.2) is 52.6 Å². The number of thioether (sulfide) groups is 1. The minimum atomic E-state index is -0.793. The highest BCUT2D eigenvalue weighted by Gasteiger charge is 2.29. The number of amides is 2. The van der Waals surface area contributed by atoms with Crippen molar-refractivity contribution < 1.29 is 14.7 Å². The van der Waals surface area contributed by atoms with E-state index in [1.165, 1.54) is 0 Å². The molecule has 96 valence electrons. The van der Waals surface area contributed by atoms with Crippen molar-refractivity contribution in [2.75, 3.05) is 24.6 Å². The van der Waals surface area contributed by atoms with Crippen LogP contribution in [0.4, 0.5) is 4.79 Å². The van der Waals surface area contributed by atoms with Gasteiger partial charge < -0.3 is 15.3 Å². The summed E-state index contributed by atoms with van der Waals surface area (Å²) in [4.78, 5) is 24.5. The molecule has 0 aliphatic carbocycles. The van der Waals surface area contributed by atoms with Gasteiger partial charge in [0.2, 0.25) is 0 Å². The molecule has 2 amide bonds. The van der Waals surface area contributed by atoms with Crippen LogP contribution >= 0.6 is 11.8 Å². The summed E-state index contributed by atoms with van der Waals surface area (Å²) in [5.41, 5.74) is 0. The zero-order valence-electron chi connectivity index (χ0n) is 9.72. The monoisotopic (exact) mass is 258 g/mol. The Bertz CT molecular complexity index is 305. The molecule has 0 aromatic heterocycles. The van der Waals surface area contributed by atoms with Gasteiger partial charge >= 0.3 is 12.0 Å². The highest BCUT2D eigenvalue weighted by molar-refractivity contribution is 7.99. The molecule has 0 spiro atoms. The van der Waals surface area contributed by atoms with Crippen molar-refractivity contribution >= 4 is 23.8 Å². The van der Waals surface area contributed by atoms with Gasteiger partial charge in [0.05, 0.1) is 5.92 Å². The Labute approximate surface area is 105 Å². The Kier molecular flexibility index (Phi) is 4.15. The summed E-state index contributed by atoms with van der Waals surface area (Å²) in [5, 5.41) is 11.9. The molecule has 2 aliphatic heterocycles. The van der Waals surface area contributed by atoms with Crippen molar-refractivity contribution in [1.29, 1.82) is 0 Å². The van der Waals surface area contributed by atoms with Gasteiger partial charge in [-0.15, -0.1) is 0 Å². The number of carboxylic acid groups (broad SMARTS) is 1. The van der Waals surface area contributed by atoms with Crippen LogP contribution in [0.15, 0.2) is 0 Å². The summed E-state index contributed by atoms with van der Waals surface area (Å²) in [7, 11) is 0. The number of likely N-dealkylation sites (tertiary alicyclic amines) is 1. The predicted molar refractivity (Wildman–Crippen MR) is 66.2 cm³/mol. The third-order valence-corrected chi connectivity index (χ3v) is 4.48. The van der Waals surface area contributed by atoms with Crippen molar-refractivity contribution in [2.24, 2.45) is 5.92 Å². The summed E-state index contributed by atoms with van der Waals surface area (Å²) < 4.78 is 0. The van der Waals surface area contributed by atoms with E-state index in [1.807, 2.05) is 11.8 Å². The minimum Gasteiger partial charge on any atom is -0.481 e. The van der Waals surface area contributed by atoms with E-state index in [4.69, 9.17) is 5.11 Å². The van der Waals surface area contributed by atoms with E-state index < -0.39 is 11.9 Å². The van der Waals surface area contributed by atoms with E-state index in [0.717, 1.165) is 24.3 Å². The fourth-order valence-corrected chi connectivity index (χ4v) is 3.43. The van der Waals surface area contributed by atoms with E-state index >= 15 is 0 Å². The standard InChI is InChI=1S/C11H18N2O3S/c14-10(15)8-2-1-4-13(6-8)11(16)12-9-3-5-17-7-9/h8-9H,1-7H2,(H,12,16)(H,14,15). The number of nitrogens with zero attached hydrogens (tertiary/aromatic N) is 1. The predicted octanol–water partition coefficient (Wildman–Crippen LogP) is 0.998. The lowest BCUT2D eigenvalue weighted by Crippen LogP contribution is -2.49. The van der Waals surface area contributed by atoms with Crippen molar-refractivity contribution in [1.82, 2.24) is 10.2 Å². The first-order valence-electron chi connectivity index (χ1n) is 6.03. The number of nitrogens with one attached hydrogen (secondary N) is 1. The van der Waals surface area contributed by atoms with Crippen LogP contribution in [0.25, 0.3) is 0 Å². The first-order valence-corrected chi connectivity index (χ1v) is 7.18. The molecular weight excluding hydrogens is 240 g/mol. The van der Waals surface area contributed by atoms with Gasteiger partial charge in [0.25, 0.3) is 0 Å². The molecule has 2 rings (SSSR count). The van der Waals surface area contributed by atoms with Crippen molar-refractivity contribution in [3.8, 4) is 0 Å². The van der Waals surface area contributed by atoms with E-state index in [9.17, 15) is 9.59 Å². The van der Waals surface area contributed by atoms with Gasteiger partial charge in [-0.2, -0.15) is 11.8 Å². The fourth-order valence-electron chi connectivity index (χ4n) is 2.28. The second kappa shape index (κ2) is 5.62. The molecule has 2 saturated heterocycles. The molecule has 2 heterocycles. The van der Waals surface area contributed by atoms with E-state index in [2.05, 4.69) is 5.32 Å². The van der Waals surface area contributed by atoms with Gasteiger partial charge in [-0.1, -0.05) is 0 Å². The molecule has 2 aliphatic rings. The SMILES string of the molecule is O=C(O)C1CCCN(C(=O)NC2CCSC2)C1. The van der Waals surface area contributed by atoms with Gasteiger partial charge in [0.15, 0.2) is 0 Å². The topological polar surface area (TPSA) is 69.6 Å². The Morgan fingerprint density at radius 1 is 1.35 bits per heavy atom. The maximum absolute atomic E-state index is 11.9. The van der Waals surface area contributed by atoms with Gasteiger partial charge in [-0.05, 0) is 25.0 Å². The summed E-state index contributed by atoms with van der Waals surface area (Å²) in [6, 6.07) is 0.168. The number of hydrogen-bond donors (Lipinski definition) is 2. The van der Waals surface area contributed by atoms with E-state index in [0.29, 0.717) is 19.5 Å². The van der Waals surface area contributed by atoms with E-state index in [-0.39, 0.29) is 12.1 Å². The third kappa shape index (κ3) is 3.28. The molecule has 2 fully saturated rings. The average Bonchev–Trinajstić information content (AvgIpc) is 2.82. The van der Waals surface area contributed by atoms with Gasteiger partial charge in [-0.3, -0.25) is 4.79 Å². The second-order valence-corrected chi connectivity index (χ2v) is 5.78. The molecule has 17 heavy (non-hydrogen) atoms. The number of aliphatic carboxylic acids is 1. The lowest BCUT2D eigenvalue weighted by Gasteiger charge is -2.31. The summed E-state index contributed by atoms with van der Waals surface area (Å²) in [6.45, 7) is 1.02. The maximum Gasteiger partial charge on any atom is 0.317 e. The largest absolute Gasteiger partial charge is 0.481 e. The molecule has 2 N–H and O–H groups in total. The van der Waals surface area contributed by atoms with Crippen LogP contribution in [0.2, 0.25) is 0 Å². The molecule has 6 heteroatoms. The molecular formula is C11H18N2O3S. The van der Waals surface area contributed by atoms with Crippen LogP contribution in [-0.2, 0) is 4.79 Å². The smallest absolute Gasteiger partial charge is 0.317 e. The summed E-state index contributed by atoms with van der Waals surface area (Å²) in [6.07, 6.45) is 2.48. The number of carbonyl (C=O) groups excluding carboxylic acids is 1. The molecule has 0 bridgehead atoms. The van der Waals surface area contributed by atoms with Crippen LogP contribution in [0.3, 0.4) is 0 Å². The summed E-state index contributed by atoms with van der Waals surface area (Å²) >= 11 is 1.85. The van der Waals surface area contributed by atoms with Crippen molar-refractivity contribution in [2.45, 2.75) is 25.3 Å². The first kappa shape index (κ1) is 12.5. The molecule has 0 saturated carbocycles. The second-order valence-electron chi connectivity index (χ2n) is 4.63. The van der Waals surface area contributed by atoms with Gasteiger partial charge in [0.1, 0.15) is 0 Å². The van der Waals surface area contributed by atoms with Crippen LogP contribution < -0.4 is 5.32 Å². The normalized spacial score (nSPS) is 29.1. The molecule has 0 radical (unpaired) electrons. The Morgan fingerprint density at radius 3 is 2.82 bits per heavy atom. The number of carbonyl (C=O) groups is 2. The summed E-state index contributed by atoms with van der Waals surface area (Å²) in [5.74, 6) is 0.886. The maximum atomic E-state index is 11.9. The number of piperidine rings is 1. The first-order chi connectivity index (χ1) is 8.16. The average molecular weight is 258 g/mol. The number of carboxylic acids is 1. The van der Waals surface area contributed by atoms with Crippen molar-refractivity contribution in [3.63, 3.8) is 0 Å². The van der Waals surface area contributed by atoms with Crippen molar-refractivity contribution in [3.05, 3.63) is 0 Å². The fraction of sp³-hybridized carbons (Fsp3) is 0.818. The quantitative estimate of drug-likeness (QED) is 0.775. The zero-order valence-corrected chi connectivity index (χ0v) is 10.5. The molecule has 5 nitrogen and oxygen atoms in total. The minimum absolute atomic E-state index is 0.0940. The molecule has 2 unspecified atom stereocenters. The van der Waals surface area contributed by atoms with Crippen LogP contribution in [0.5, 0.6) is 0 Å².